The van der Waals surface area contributed by atoms with E-state index < -0.39 is 0 Å². The predicted octanol–water partition coefficient (Wildman–Crippen LogP) is 5.23. The Morgan fingerprint density at radius 3 is 2.38 bits per heavy atom. The summed E-state index contributed by atoms with van der Waals surface area (Å²) in [6.07, 6.45) is 1.52. The number of aryl methyl sites for hydroxylation is 1. The van der Waals surface area contributed by atoms with Crippen molar-refractivity contribution in [3.05, 3.63) is 59.9 Å². The molecule has 7 nitrogen and oxygen atoms in total. The highest BCUT2D eigenvalue weighted by Crippen LogP contribution is 2.29. The fourth-order valence-electron chi connectivity index (χ4n) is 5.97. The van der Waals surface area contributed by atoms with Crippen molar-refractivity contribution in [2.45, 2.75) is 40.0 Å². The average Bonchev–Trinajstić information content (AvgIpc) is 2.92. The second kappa shape index (κ2) is 11.6. The Hall–Kier alpha value is -3.68. The molecule has 0 radical (unpaired) electrons. The van der Waals surface area contributed by atoms with Gasteiger partial charge in [-0.15, -0.1) is 0 Å². The predicted molar refractivity (Wildman–Crippen MR) is 155 cm³/mol. The van der Waals surface area contributed by atoms with Gasteiger partial charge >= 0.3 is 0 Å². The zero-order valence-electron chi connectivity index (χ0n) is 23.1. The van der Waals surface area contributed by atoms with Crippen molar-refractivity contribution >= 4 is 39.9 Å². The number of para-hydroxylation sites is 1. The number of rotatable bonds is 6. The number of carbonyl (C=O) groups is 2. The number of fused-ring (bicyclic) bond motifs is 1. The van der Waals surface area contributed by atoms with E-state index in [0.29, 0.717) is 49.4 Å². The van der Waals surface area contributed by atoms with Gasteiger partial charge in [-0.25, -0.2) is 9.37 Å². The molecule has 2 amide bonds. The number of aromatic nitrogens is 1. The van der Waals surface area contributed by atoms with Crippen molar-refractivity contribution in [2.24, 2.45) is 11.8 Å². The molecule has 0 spiro atoms. The quantitative estimate of drug-likeness (QED) is 0.472. The van der Waals surface area contributed by atoms with Crippen molar-refractivity contribution in [2.75, 3.05) is 54.4 Å². The first kappa shape index (κ1) is 26.9. The van der Waals surface area contributed by atoms with Gasteiger partial charge in [0.05, 0.1) is 11.2 Å². The lowest BCUT2D eigenvalue weighted by Gasteiger charge is -2.36. The Balaban J connectivity index is 1.14. The largest absolute Gasteiger partial charge is 0.366 e. The topological polar surface area (TPSA) is 68.8 Å². The van der Waals surface area contributed by atoms with Gasteiger partial charge in [0.25, 0.3) is 0 Å². The number of piperazine rings is 1. The number of nitrogens with zero attached hydrogens (tertiary/aromatic N) is 4. The third-order valence-corrected chi connectivity index (χ3v) is 7.87. The first-order valence-corrected chi connectivity index (χ1v) is 14.0. The molecular weight excluding hydrogens is 493 g/mol. The number of hydrogen-bond donors (Lipinski definition) is 1. The van der Waals surface area contributed by atoms with Crippen LogP contribution in [0.3, 0.4) is 0 Å². The van der Waals surface area contributed by atoms with Gasteiger partial charge in [-0.05, 0) is 67.1 Å². The molecule has 8 heteroatoms. The van der Waals surface area contributed by atoms with Crippen LogP contribution in [-0.2, 0) is 9.59 Å². The number of benzene rings is 2. The van der Waals surface area contributed by atoms with Gasteiger partial charge in [-0.3, -0.25) is 9.59 Å². The van der Waals surface area contributed by atoms with E-state index >= 15 is 0 Å². The zero-order chi connectivity index (χ0) is 27.5. The molecule has 2 aliphatic rings. The van der Waals surface area contributed by atoms with Crippen molar-refractivity contribution in [1.82, 2.24) is 9.88 Å². The van der Waals surface area contributed by atoms with Crippen molar-refractivity contribution in [3.63, 3.8) is 0 Å². The van der Waals surface area contributed by atoms with Crippen LogP contribution in [-0.4, -0.2) is 61.0 Å². The third kappa shape index (κ3) is 6.32. The van der Waals surface area contributed by atoms with Gasteiger partial charge < -0.3 is 20.0 Å². The maximum atomic E-state index is 14.1. The van der Waals surface area contributed by atoms with Crippen LogP contribution in [0.5, 0.6) is 0 Å². The minimum Gasteiger partial charge on any atom is -0.366 e. The molecule has 2 atom stereocenters. The van der Waals surface area contributed by atoms with Crippen molar-refractivity contribution in [1.29, 1.82) is 0 Å². The minimum absolute atomic E-state index is 0.0502. The molecule has 0 saturated carbocycles. The van der Waals surface area contributed by atoms with Crippen LogP contribution in [0.25, 0.3) is 10.9 Å². The van der Waals surface area contributed by atoms with Gasteiger partial charge in [-0.1, -0.05) is 26.0 Å². The summed E-state index contributed by atoms with van der Waals surface area (Å²) in [6, 6.07) is 14.6. The van der Waals surface area contributed by atoms with Crippen LogP contribution in [0.2, 0.25) is 0 Å². The Morgan fingerprint density at radius 2 is 1.67 bits per heavy atom. The standard InChI is InChI=1S/C31H38FN5O2/c1-21-16-22(2)20-37(19-21)29-17-23(3)25-18-24(8-9-27(25)34-29)33-30(38)10-11-31(39)36-14-12-35(13-15-36)28-7-5-4-6-26(28)32/h4-9,17-18,21-22H,10-16,19-20H2,1-3H3,(H,33,38)/t21-,22-/m0/s1. The van der Waals surface area contributed by atoms with E-state index in [2.05, 4.69) is 37.1 Å². The van der Waals surface area contributed by atoms with Gasteiger partial charge in [0.1, 0.15) is 11.6 Å². The fraction of sp³-hybridized carbons (Fsp3) is 0.452. The molecule has 1 N–H and O–H groups in total. The molecule has 2 aromatic carbocycles. The highest BCUT2D eigenvalue weighted by molar-refractivity contribution is 5.96. The summed E-state index contributed by atoms with van der Waals surface area (Å²) in [5, 5.41) is 3.96. The van der Waals surface area contributed by atoms with Gasteiger partial charge in [0.2, 0.25) is 11.8 Å². The van der Waals surface area contributed by atoms with Crippen molar-refractivity contribution < 1.29 is 14.0 Å². The lowest BCUT2D eigenvalue weighted by atomic mass is 9.92. The van der Waals surface area contributed by atoms with Crippen LogP contribution in [0, 0.1) is 24.6 Å². The Morgan fingerprint density at radius 1 is 0.949 bits per heavy atom. The molecule has 5 rings (SSSR count). The summed E-state index contributed by atoms with van der Waals surface area (Å²) in [4.78, 5) is 36.4. The van der Waals surface area contributed by atoms with E-state index in [1.165, 1.54) is 12.5 Å². The SMILES string of the molecule is Cc1cc(N2C[C@@H](C)C[C@H](C)C2)nc2ccc(NC(=O)CCC(=O)N3CCN(c4ccccc4F)CC3)cc12. The average molecular weight is 532 g/mol. The lowest BCUT2D eigenvalue weighted by Crippen LogP contribution is -2.49. The number of pyridine rings is 1. The van der Waals surface area contributed by atoms with E-state index in [0.717, 1.165) is 35.4 Å². The molecule has 0 unspecified atom stereocenters. The fourth-order valence-corrected chi connectivity index (χ4v) is 5.97. The summed E-state index contributed by atoms with van der Waals surface area (Å²) in [7, 11) is 0. The summed E-state index contributed by atoms with van der Waals surface area (Å²) in [5.41, 5.74) is 3.31. The number of anilines is 3. The molecule has 3 aromatic rings. The van der Waals surface area contributed by atoms with E-state index in [-0.39, 0.29) is 30.5 Å². The Kier molecular flexibility index (Phi) is 8.00. The summed E-state index contributed by atoms with van der Waals surface area (Å²) in [6.45, 7) is 10.9. The van der Waals surface area contributed by atoms with Gasteiger partial charge in [0.15, 0.2) is 0 Å². The van der Waals surface area contributed by atoms with E-state index in [4.69, 9.17) is 4.98 Å². The molecule has 2 aliphatic heterocycles. The first-order chi connectivity index (χ1) is 18.8. The van der Waals surface area contributed by atoms with Crippen LogP contribution >= 0.6 is 0 Å². The molecule has 1 aromatic heterocycles. The summed E-state index contributed by atoms with van der Waals surface area (Å²) < 4.78 is 14.1. The molecule has 2 saturated heterocycles. The van der Waals surface area contributed by atoms with Crippen LogP contribution < -0.4 is 15.1 Å². The Labute approximate surface area is 230 Å². The minimum atomic E-state index is -0.250. The number of halogens is 1. The number of amides is 2. The molecule has 39 heavy (non-hydrogen) atoms. The van der Waals surface area contributed by atoms with Crippen LogP contribution in [0.1, 0.15) is 38.7 Å². The van der Waals surface area contributed by atoms with Crippen LogP contribution in [0.4, 0.5) is 21.6 Å². The monoisotopic (exact) mass is 531 g/mol. The summed E-state index contributed by atoms with van der Waals surface area (Å²) in [5.74, 6) is 1.83. The first-order valence-electron chi connectivity index (χ1n) is 14.0. The van der Waals surface area contributed by atoms with Crippen LogP contribution in [0.15, 0.2) is 48.5 Å². The third-order valence-electron chi connectivity index (χ3n) is 7.87. The number of hydrogen-bond acceptors (Lipinski definition) is 5. The van der Waals surface area contributed by atoms with E-state index in [1.54, 1.807) is 17.0 Å². The van der Waals surface area contributed by atoms with Gasteiger partial charge in [0, 0.05) is 63.2 Å². The van der Waals surface area contributed by atoms with E-state index in [1.807, 2.05) is 29.2 Å². The molecule has 2 fully saturated rings. The second-order valence-electron chi connectivity index (χ2n) is 11.2. The zero-order valence-corrected chi connectivity index (χ0v) is 23.1. The maximum Gasteiger partial charge on any atom is 0.224 e. The Bertz CT molecular complexity index is 1340. The second-order valence-corrected chi connectivity index (χ2v) is 11.2. The highest BCUT2D eigenvalue weighted by Gasteiger charge is 2.24. The molecule has 0 bridgehead atoms. The molecule has 0 aliphatic carbocycles. The number of piperidine rings is 1. The lowest BCUT2D eigenvalue weighted by molar-refractivity contribution is -0.133. The van der Waals surface area contributed by atoms with Crippen molar-refractivity contribution in [3.8, 4) is 0 Å². The summed E-state index contributed by atoms with van der Waals surface area (Å²) >= 11 is 0. The van der Waals surface area contributed by atoms with Gasteiger partial charge in [-0.2, -0.15) is 0 Å². The number of nitrogens with one attached hydrogen (secondary N) is 1. The maximum absolute atomic E-state index is 14.1. The smallest absolute Gasteiger partial charge is 0.224 e. The molecule has 206 valence electrons. The highest BCUT2D eigenvalue weighted by atomic mass is 19.1. The normalized spacial score (nSPS) is 19.8. The number of carbonyl (C=O) groups excluding carboxylic acids is 2. The van der Waals surface area contributed by atoms with E-state index in [9.17, 15) is 14.0 Å². The molecule has 3 heterocycles. The molecular formula is C31H38FN5O2.